The number of amides is 1. The molecule has 0 aliphatic carbocycles. The normalized spacial score (nSPS) is 11.4. The fourth-order valence-electron chi connectivity index (χ4n) is 2.53. The molecule has 0 aliphatic heterocycles. The largest absolute Gasteiger partial charge is 0.444 e. The molecule has 1 amide bonds. The summed E-state index contributed by atoms with van der Waals surface area (Å²) in [4.78, 5) is 33.8. The number of aromatic nitrogens is 3. The molecule has 0 atom stereocenters. The molecule has 0 radical (unpaired) electrons. The summed E-state index contributed by atoms with van der Waals surface area (Å²) in [6.45, 7) is 5.31. The van der Waals surface area contributed by atoms with Crippen LogP contribution in [0.15, 0.2) is 52.5 Å². The maximum absolute atomic E-state index is 12.8. The van der Waals surface area contributed by atoms with Gasteiger partial charge in [0, 0.05) is 12.3 Å². The van der Waals surface area contributed by atoms with E-state index in [0.717, 1.165) is 0 Å². The standard InChI is InChI=1S/C19H20N4O3S/c1-19(2,3)26-18(25)21-14-10-15(24)23(12-8-6-5-7-9-12)16-13(14)11-20-17(22-16)27-4/h5-11H,1-4H3,(H,21,25). The van der Waals surface area contributed by atoms with Crippen LogP contribution in [0.25, 0.3) is 16.7 Å². The van der Waals surface area contributed by atoms with Crippen molar-refractivity contribution in [2.45, 2.75) is 31.5 Å². The van der Waals surface area contributed by atoms with Crippen molar-refractivity contribution in [3.63, 3.8) is 0 Å². The smallest absolute Gasteiger partial charge is 0.412 e. The molecule has 1 N–H and O–H groups in total. The minimum atomic E-state index is -0.651. The number of fused-ring (bicyclic) bond motifs is 1. The van der Waals surface area contributed by atoms with E-state index < -0.39 is 11.7 Å². The molecule has 2 heterocycles. The highest BCUT2D eigenvalue weighted by molar-refractivity contribution is 7.98. The first-order valence-electron chi connectivity index (χ1n) is 8.31. The Kier molecular flexibility index (Phi) is 5.18. The zero-order valence-corrected chi connectivity index (χ0v) is 16.3. The maximum Gasteiger partial charge on any atom is 0.412 e. The molecule has 7 nitrogen and oxygen atoms in total. The van der Waals surface area contributed by atoms with Crippen LogP contribution < -0.4 is 10.9 Å². The Morgan fingerprint density at radius 2 is 1.93 bits per heavy atom. The average Bonchev–Trinajstić information content (AvgIpc) is 2.60. The van der Waals surface area contributed by atoms with E-state index in [2.05, 4.69) is 15.3 Å². The molecule has 27 heavy (non-hydrogen) atoms. The van der Waals surface area contributed by atoms with Gasteiger partial charge in [0.2, 0.25) is 0 Å². The third kappa shape index (κ3) is 4.28. The van der Waals surface area contributed by atoms with Crippen molar-refractivity contribution >= 4 is 34.6 Å². The van der Waals surface area contributed by atoms with E-state index in [1.165, 1.54) is 22.4 Å². The fourth-order valence-corrected chi connectivity index (χ4v) is 2.87. The summed E-state index contributed by atoms with van der Waals surface area (Å²) in [7, 11) is 0. The summed E-state index contributed by atoms with van der Waals surface area (Å²) in [5.41, 5.74) is 0.442. The van der Waals surface area contributed by atoms with Gasteiger partial charge in [0.15, 0.2) is 10.8 Å². The van der Waals surface area contributed by atoms with Gasteiger partial charge in [-0.25, -0.2) is 14.8 Å². The molecule has 0 saturated heterocycles. The number of ether oxygens (including phenoxy) is 1. The number of nitrogens with zero attached hydrogens (tertiary/aromatic N) is 3. The highest BCUT2D eigenvalue weighted by atomic mass is 32.2. The van der Waals surface area contributed by atoms with Crippen LogP contribution in [-0.2, 0) is 4.74 Å². The first-order chi connectivity index (χ1) is 12.8. The van der Waals surface area contributed by atoms with E-state index >= 15 is 0 Å². The van der Waals surface area contributed by atoms with E-state index in [-0.39, 0.29) is 5.56 Å². The van der Waals surface area contributed by atoms with Crippen molar-refractivity contribution in [2.24, 2.45) is 0 Å². The molecule has 140 valence electrons. The van der Waals surface area contributed by atoms with E-state index in [1.54, 1.807) is 27.0 Å². The lowest BCUT2D eigenvalue weighted by Crippen LogP contribution is -2.28. The van der Waals surface area contributed by atoms with Crippen LogP contribution in [-0.4, -0.2) is 32.5 Å². The second-order valence-corrected chi connectivity index (χ2v) is 7.56. The third-order valence-corrected chi connectivity index (χ3v) is 4.13. The van der Waals surface area contributed by atoms with Gasteiger partial charge in [-0.15, -0.1) is 0 Å². The fraction of sp³-hybridized carbons (Fsp3) is 0.263. The lowest BCUT2D eigenvalue weighted by atomic mass is 10.2. The molecule has 0 unspecified atom stereocenters. The van der Waals surface area contributed by atoms with Gasteiger partial charge in [-0.3, -0.25) is 14.7 Å². The summed E-state index contributed by atoms with van der Waals surface area (Å²) in [6, 6.07) is 10.6. The molecule has 8 heteroatoms. The molecular weight excluding hydrogens is 364 g/mol. The van der Waals surface area contributed by atoms with E-state index in [9.17, 15) is 9.59 Å². The zero-order valence-electron chi connectivity index (χ0n) is 15.5. The number of nitrogens with one attached hydrogen (secondary N) is 1. The molecule has 0 bridgehead atoms. The Bertz CT molecular complexity index is 1040. The van der Waals surface area contributed by atoms with Crippen molar-refractivity contribution in [1.29, 1.82) is 0 Å². The summed E-state index contributed by atoms with van der Waals surface area (Å²) in [5, 5.41) is 3.71. The second kappa shape index (κ2) is 7.40. The average molecular weight is 384 g/mol. The number of para-hydroxylation sites is 1. The Morgan fingerprint density at radius 3 is 2.56 bits per heavy atom. The SMILES string of the molecule is CSc1ncc2c(NC(=O)OC(C)(C)C)cc(=O)n(-c3ccccc3)c2n1. The van der Waals surface area contributed by atoms with Crippen molar-refractivity contribution in [3.8, 4) is 5.69 Å². The molecule has 3 rings (SSSR count). The van der Waals surface area contributed by atoms with Gasteiger partial charge in [0.1, 0.15) is 5.60 Å². The van der Waals surface area contributed by atoms with Crippen LogP contribution in [0.5, 0.6) is 0 Å². The number of hydrogen-bond acceptors (Lipinski definition) is 6. The predicted octanol–water partition coefficient (Wildman–Crippen LogP) is 3.85. The van der Waals surface area contributed by atoms with Gasteiger partial charge >= 0.3 is 6.09 Å². The van der Waals surface area contributed by atoms with Crippen LogP contribution in [0.4, 0.5) is 10.5 Å². The number of carbonyl (C=O) groups excluding carboxylic acids is 1. The summed E-state index contributed by atoms with van der Waals surface area (Å²) >= 11 is 1.37. The number of pyridine rings is 1. The zero-order chi connectivity index (χ0) is 19.6. The molecule has 3 aromatic rings. The second-order valence-electron chi connectivity index (χ2n) is 6.79. The lowest BCUT2D eigenvalue weighted by Gasteiger charge is -2.20. The Hall–Kier alpha value is -2.87. The van der Waals surface area contributed by atoms with Crippen molar-refractivity contribution < 1.29 is 9.53 Å². The number of benzene rings is 1. The number of thioether (sulfide) groups is 1. The van der Waals surface area contributed by atoms with E-state index in [0.29, 0.717) is 27.6 Å². The molecule has 0 saturated carbocycles. The van der Waals surface area contributed by atoms with Crippen LogP contribution in [0.3, 0.4) is 0 Å². The number of rotatable bonds is 3. The van der Waals surface area contributed by atoms with Crippen molar-refractivity contribution in [2.75, 3.05) is 11.6 Å². The maximum atomic E-state index is 12.8. The summed E-state index contributed by atoms with van der Waals surface area (Å²) in [5.74, 6) is 0. The van der Waals surface area contributed by atoms with Crippen molar-refractivity contribution in [3.05, 3.63) is 52.9 Å². The highest BCUT2D eigenvalue weighted by Gasteiger charge is 2.19. The van der Waals surface area contributed by atoms with Crippen LogP contribution in [0.2, 0.25) is 0 Å². The van der Waals surface area contributed by atoms with Gasteiger partial charge in [0.05, 0.1) is 16.8 Å². The van der Waals surface area contributed by atoms with Gasteiger partial charge < -0.3 is 4.74 Å². The topological polar surface area (TPSA) is 86.1 Å². The third-order valence-electron chi connectivity index (χ3n) is 3.57. The number of anilines is 1. The molecule has 1 aromatic carbocycles. The van der Waals surface area contributed by atoms with Crippen molar-refractivity contribution in [1.82, 2.24) is 14.5 Å². The minimum Gasteiger partial charge on any atom is -0.444 e. The Morgan fingerprint density at radius 1 is 1.22 bits per heavy atom. The first-order valence-corrected chi connectivity index (χ1v) is 9.53. The Balaban J connectivity index is 2.18. The summed E-state index contributed by atoms with van der Waals surface area (Å²) < 4.78 is 6.78. The van der Waals surface area contributed by atoms with Gasteiger partial charge in [-0.2, -0.15) is 0 Å². The lowest BCUT2D eigenvalue weighted by molar-refractivity contribution is 0.0636. The molecule has 0 spiro atoms. The number of hydrogen-bond donors (Lipinski definition) is 1. The van der Waals surface area contributed by atoms with Gasteiger partial charge in [-0.1, -0.05) is 30.0 Å². The van der Waals surface area contributed by atoms with Gasteiger partial charge in [0.25, 0.3) is 5.56 Å². The van der Waals surface area contributed by atoms with E-state index in [4.69, 9.17) is 4.74 Å². The quantitative estimate of drug-likeness (QED) is 0.545. The Labute approximate surface area is 160 Å². The first kappa shape index (κ1) is 18.9. The molecule has 0 aliphatic rings. The monoisotopic (exact) mass is 384 g/mol. The van der Waals surface area contributed by atoms with Crippen LogP contribution in [0, 0.1) is 0 Å². The van der Waals surface area contributed by atoms with Crippen LogP contribution >= 0.6 is 11.8 Å². The molecular formula is C19H20N4O3S. The summed E-state index contributed by atoms with van der Waals surface area (Å²) in [6.07, 6.45) is 2.81. The van der Waals surface area contributed by atoms with Gasteiger partial charge in [-0.05, 0) is 39.2 Å². The molecule has 2 aromatic heterocycles. The predicted molar refractivity (Wildman–Crippen MR) is 107 cm³/mol. The number of carbonyl (C=O) groups is 1. The van der Waals surface area contributed by atoms with E-state index in [1.807, 2.05) is 36.6 Å². The molecule has 0 fully saturated rings. The highest BCUT2D eigenvalue weighted by Crippen LogP contribution is 2.24. The minimum absolute atomic E-state index is 0.309. The van der Waals surface area contributed by atoms with Crippen LogP contribution in [0.1, 0.15) is 20.8 Å².